The number of imidazole rings is 1. The third kappa shape index (κ3) is 2.51. The molecule has 2 N–H and O–H groups in total. The van der Waals surface area contributed by atoms with E-state index in [2.05, 4.69) is 15.3 Å². The number of amides is 1. The van der Waals surface area contributed by atoms with Crippen molar-refractivity contribution in [2.75, 3.05) is 5.32 Å². The molecule has 100 valence electrons. The number of hydrogen-bond acceptors (Lipinski definition) is 2. The summed E-state index contributed by atoms with van der Waals surface area (Å²) in [4.78, 5) is 19.4. The third-order valence-electron chi connectivity index (χ3n) is 2.80. The van der Waals surface area contributed by atoms with Gasteiger partial charge in [-0.1, -0.05) is 12.1 Å². The van der Waals surface area contributed by atoms with Gasteiger partial charge in [-0.05, 0) is 52.9 Å². The van der Waals surface area contributed by atoms with Gasteiger partial charge >= 0.3 is 0 Å². The van der Waals surface area contributed by atoms with Gasteiger partial charge in [-0.25, -0.2) is 9.37 Å². The minimum atomic E-state index is -0.366. The number of H-pyrrole nitrogens is 1. The number of hydrogen-bond donors (Lipinski definition) is 2. The molecule has 0 aliphatic heterocycles. The summed E-state index contributed by atoms with van der Waals surface area (Å²) in [6, 6.07) is 11.5. The first-order valence-corrected chi connectivity index (χ1v) is 6.92. The van der Waals surface area contributed by atoms with Crippen LogP contribution in [-0.2, 0) is 0 Å². The van der Waals surface area contributed by atoms with Gasteiger partial charge in [0.15, 0.2) is 0 Å². The normalized spacial score (nSPS) is 10.7. The van der Waals surface area contributed by atoms with E-state index in [1.54, 1.807) is 0 Å². The Kier molecular flexibility index (Phi) is 3.39. The fourth-order valence-electron chi connectivity index (χ4n) is 1.86. The summed E-state index contributed by atoms with van der Waals surface area (Å²) in [5, 5.41) is 2.68. The molecule has 2 aromatic carbocycles. The van der Waals surface area contributed by atoms with Crippen LogP contribution in [0.5, 0.6) is 0 Å². The molecule has 0 saturated heterocycles. The maximum Gasteiger partial charge on any atom is 0.259 e. The Morgan fingerprint density at radius 1 is 1.25 bits per heavy atom. The molecule has 0 aliphatic carbocycles. The Morgan fingerprint density at radius 2 is 2.05 bits per heavy atom. The van der Waals surface area contributed by atoms with Gasteiger partial charge in [0.1, 0.15) is 5.82 Å². The lowest BCUT2D eigenvalue weighted by Crippen LogP contribution is -2.14. The van der Waals surface area contributed by atoms with E-state index >= 15 is 0 Å². The highest BCUT2D eigenvalue weighted by Crippen LogP contribution is 2.17. The second-order valence-electron chi connectivity index (χ2n) is 4.18. The Bertz CT molecular complexity index is 767. The van der Waals surface area contributed by atoms with E-state index in [0.717, 1.165) is 11.0 Å². The standard InChI is InChI=1S/C14H9FIN3O/c15-8-5-6-9(10(16)7-8)13(20)19-14-17-11-3-1-2-4-12(11)18-14/h1-7H,(H2,17,18,19,20). The maximum absolute atomic E-state index is 13.0. The summed E-state index contributed by atoms with van der Waals surface area (Å²) < 4.78 is 13.6. The summed E-state index contributed by atoms with van der Waals surface area (Å²) in [5.41, 5.74) is 2.03. The van der Waals surface area contributed by atoms with Crippen molar-refractivity contribution in [2.24, 2.45) is 0 Å². The van der Waals surface area contributed by atoms with Gasteiger partial charge in [0.25, 0.3) is 5.91 Å². The fraction of sp³-hybridized carbons (Fsp3) is 0. The maximum atomic E-state index is 13.0. The first-order valence-electron chi connectivity index (χ1n) is 5.84. The highest BCUT2D eigenvalue weighted by Gasteiger charge is 2.12. The average Bonchev–Trinajstić information content (AvgIpc) is 2.80. The summed E-state index contributed by atoms with van der Waals surface area (Å²) in [7, 11) is 0. The largest absolute Gasteiger partial charge is 0.324 e. The highest BCUT2D eigenvalue weighted by atomic mass is 127. The molecule has 0 bridgehead atoms. The lowest BCUT2D eigenvalue weighted by molar-refractivity contribution is 0.102. The van der Waals surface area contributed by atoms with Gasteiger partial charge < -0.3 is 4.98 Å². The second kappa shape index (κ2) is 5.20. The number of rotatable bonds is 2. The van der Waals surface area contributed by atoms with Crippen LogP contribution in [0.2, 0.25) is 0 Å². The summed E-state index contributed by atoms with van der Waals surface area (Å²) in [6.07, 6.45) is 0. The number of para-hydroxylation sites is 2. The smallest absolute Gasteiger partial charge is 0.259 e. The van der Waals surface area contributed by atoms with Gasteiger partial charge in [-0.3, -0.25) is 10.1 Å². The molecule has 1 heterocycles. The van der Waals surface area contributed by atoms with Gasteiger partial charge in [0.2, 0.25) is 5.95 Å². The number of nitrogens with zero attached hydrogens (tertiary/aromatic N) is 1. The van der Waals surface area contributed by atoms with E-state index in [4.69, 9.17) is 0 Å². The number of halogens is 2. The number of anilines is 1. The van der Waals surface area contributed by atoms with Gasteiger partial charge in [-0.2, -0.15) is 0 Å². The van der Waals surface area contributed by atoms with Gasteiger partial charge in [0, 0.05) is 3.57 Å². The van der Waals surface area contributed by atoms with Gasteiger partial charge in [-0.15, -0.1) is 0 Å². The summed E-state index contributed by atoms with van der Waals surface area (Å²) in [6.45, 7) is 0. The molecule has 0 radical (unpaired) electrons. The molecular weight excluding hydrogens is 372 g/mol. The lowest BCUT2D eigenvalue weighted by Gasteiger charge is -2.04. The van der Waals surface area contributed by atoms with Crippen molar-refractivity contribution in [3.05, 3.63) is 57.4 Å². The average molecular weight is 381 g/mol. The molecule has 0 atom stereocenters. The van der Waals surface area contributed by atoms with Crippen LogP contribution in [0.1, 0.15) is 10.4 Å². The lowest BCUT2D eigenvalue weighted by atomic mass is 10.2. The van der Waals surface area contributed by atoms with Crippen LogP contribution < -0.4 is 5.32 Å². The molecule has 3 aromatic rings. The predicted octanol–water partition coefficient (Wildman–Crippen LogP) is 3.56. The Morgan fingerprint density at radius 3 is 2.80 bits per heavy atom. The topological polar surface area (TPSA) is 57.8 Å². The summed E-state index contributed by atoms with van der Waals surface area (Å²) >= 11 is 1.93. The van der Waals surface area contributed by atoms with E-state index in [-0.39, 0.29) is 11.7 Å². The minimum Gasteiger partial charge on any atom is -0.324 e. The molecule has 0 saturated carbocycles. The molecule has 0 aliphatic rings. The monoisotopic (exact) mass is 381 g/mol. The van der Waals surface area contributed by atoms with Crippen LogP contribution in [0.25, 0.3) is 11.0 Å². The van der Waals surface area contributed by atoms with Crippen LogP contribution in [0.15, 0.2) is 42.5 Å². The van der Waals surface area contributed by atoms with Crippen LogP contribution in [0.3, 0.4) is 0 Å². The molecule has 6 heteroatoms. The number of nitrogens with one attached hydrogen (secondary N) is 2. The molecule has 0 spiro atoms. The van der Waals surface area contributed by atoms with E-state index in [1.807, 2.05) is 46.9 Å². The minimum absolute atomic E-state index is 0.326. The van der Waals surface area contributed by atoms with E-state index < -0.39 is 0 Å². The molecule has 0 fully saturated rings. The van der Waals surface area contributed by atoms with E-state index in [9.17, 15) is 9.18 Å². The SMILES string of the molecule is O=C(Nc1nc2ccccc2[nH]1)c1ccc(F)cc1I. The molecule has 3 rings (SSSR count). The van der Waals surface area contributed by atoms with Crippen LogP contribution in [0.4, 0.5) is 10.3 Å². The van der Waals surface area contributed by atoms with Gasteiger partial charge in [0.05, 0.1) is 16.6 Å². The van der Waals surface area contributed by atoms with E-state index in [0.29, 0.717) is 15.1 Å². The summed E-state index contributed by atoms with van der Waals surface area (Å²) in [5.74, 6) is -0.320. The Hall–Kier alpha value is -1.96. The first kappa shape index (κ1) is 13.0. The van der Waals surface area contributed by atoms with Crippen LogP contribution in [-0.4, -0.2) is 15.9 Å². The molecular formula is C14H9FIN3O. The Balaban J connectivity index is 1.88. The first-order chi connectivity index (χ1) is 9.63. The quantitative estimate of drug-likeness (QED) is 0.667. The number of aromatic nitrogens is 2. The van der Waals surface area contributed by atoms with Crippen molar-refractivity contribution in [2.45, 2.75) is 0 Å². The van der Waals surface area contributed by atoms with Crippen molar-refractivity contribution in [3.8, 4) is 0 Å². The van der Waals surface area contributed by atoms with Crippen molar-refractivity contribution in [1.82, 2.24) is 9.97 Å². The molecule has 4 nitrogen and oxygen atoms in total. The van der Waals surface area contributed by atoms with Crippen LogP contribution >= 0.6 is 22.6 Å². The third-order valence-corrected chi connectivity index (χ3v) is 3.69. The number of fused-ring (bicyclic) bond motifs is 1. The molecule has 1 amide bonds. The van der Waals surface area contributed by atoms with Crippen molar-refractivity contribution >= 4 is 45.5 Å². The number of carbonyl (C=O) groups excluding carboxylic acids is 1. The van der Waals surface area contributed by atoms with Crippen molar-refractivity contribution in [1.29, 1.82) is 0 Å². The molecule has 1 aromatic heterocycles. The highest BCUT2D eigenvalue weighted by molar-refractivity contribution is 14.1. The zero-order valence-corrected chi connectivity index (χ0v) is 12.3. The zero-order chi connectivity index (χ0) is 14.1. The molecule has 0 unspecified atom stereocenters. The van der Waals surface area contributed by atoms with Crippen LogP contribution in [0, 0.1) is 9.39 Å². The van der Waals surface area contributed by atoms with E-state index in [1.165, 1.54) is 18.2 Å². The second-order valence-corrected chi connectivity index (χ2v) is 5.34. The zero-order valence-electron chi connectivity index (χ0n) is 10.2. The molecule has 20 heavy (non-hydrogen) atoms. The number of benzene rings is 2. The Labute approximate surface area is 127 Å². The predicted molar refractivity (Wildman–Crippen MR) is 83.2 cm³/mol. The van der Waals surface area contributed by atoms with Crippen molar-refractivity contribution in [3.63, 3.8) is 0 Å². The van der Waals surface area contributed by atoms with Crippen molar-refractivity contribution < 1.29 is 9.18 Å². The number of aromatic amines is 1. The number of carbonyl (C=O) groups is 1. The fourth-order valence-corrected chi connectivity index (χ4v) is 2.58.